The number of rotatable bonds is 5. The summed E-state index contributed by atoms with van der Waals surface area (Å²) in [6, 6.07) is 0. The highest BCUT2D eigenvalue weighted by molar-refractivity contribution is 7.13. The third kappa shape index (κ3) is 2.29. The van der Waals surface area contributed by atoms with Crippen LogP contribution in [0.5, 0.6) is 0 Å². The molecule has 1 heterocycles. The molecule has 1 unspecified atom stereocenters. The van der Waals surface area contributed by atoms with Gasteiger partial charge in [0.15, 0.2) is 0 Å². The Balaban J connectivity index is 1.90. The molecule has 2 fully saturated rings. The van der Waals surface area contributed by atoms with Crippen LogP contribution in [0.3, 0.4) is 0 Å². The maximum atomic E-state index is 11.9. The molecule has 1 aromatic heterocycles. The topological polar surface area (TPSA) is 59.4 Å². The van der Waals surface area contributed by atoms with Crippen LogP contribution in [0.4, 0.5) is 0 Å². The molecule has 1 N–H and O–H groups in total. The summed E-state index contributed by atoms with van der Waals surface area (Å²) in [5.74, 6) is 0.451. The quantitative estimate of drug-likeness (QED) is 0.833. The first kappa shape index (κ1) is 12.1. The molecule has 2 aliphatic carbocycles. The van der Waals surface area contributed by atoms with Crippen molar-refractivity contribution in [2.24, 2.45) is 5.92 Å². The molecule has 1 atom stereocenters. The smallest absolute Gasteiger partial charge is 0.350 e. The third-order valence-corrected chi connectivity index (χ3v) is 4.62. The van der Waals surface area contributed by atoms with Crippen LogP contribution >= 0.6 is 11.3 Å². The standard InChI is InChI=1S/C13H17NO3S/c1-2-17-13(16)11-9(10(15)7-3-4-7)14-12(18-11)8-5-6-8/h7-8,10,15H,2-6H2,1H3. The van der Waals surface area contributed by atoms with Crippen molar-refractivity contribution in [3.8, 4) is 0 Å². The lowest BCUT2D eigenvalue weighted by atomic mass is 10.1. The molecule has 0 aromatic carbocycles. The zero-order chi connectivity index (χ0) is 12.7. The Bertz CT molecular complexity index is 463. The first-order valence-corrected chi connectivity index (χ1v) is 7.38. The fraction of sp³-hybridized carbons (Fsp3) is 0.692. The van der Waals surface area contributed by atoms with Gasteiger partial charge in [-0.25, -0.2) is 9.78 Å². The van der Waals surface area contributed by atoms with Gasteiger partial charge in [0, 0.05) is 5.92 Å². The lowest BCUT2D eigenvalue weighted by Crippen LogP contribution is -2.10. The number of aliphatic hydroxyl groups excluding tert-OH is 1. The molecule has 1 aromatic rings. The number of nitrogens with zero attached hydrogens (tertiary/aromatic N) is 1. The van der Waals surface area contributed by atoms with Crippen LogP contribution in [0.25, 0.3) is 0 Å². The van der Waals surface area contributed by atoms with Crippen molar-refractivity contribution in [2.75, 3.05) is 6.61 Å². The molecule has 0 bridgehead atoms. The van der Waals surface area contributed by atoms with Crippen LogP contribution in [-0.2, 0) is 4.74 Å². The summed E-state index contributed by atoms with van der Waals surface area (Å²) in [6.07, 6.45) is 3.76. The Morgan fingerprint density at radius 1 is 1.50 bits per heavy atom. The summed E-state index contributed by atoms with van der Waals surface area (Å²) in [4.78, 5) is 16.9. The van der Waals surface area contributed by atoms with Crippen molar-refractivity contribution >= 4 is 17.3 Å². The van der Waals surface area contributed by atoms with Crippen molar-refractivity contribution < 1.29 is 14.6 Å². The second kappa shape index (κ2) is 4.63. The SMILES string of the molecule is CCOC(=O)c1sc(C2CC2)nc1C(O)C1CC1. The van der Waals surface area contributed by atoms with E-state index in [-0.39, 0.29) is 11.9 Å². The number of carbonyl (C=O) groups excluding carboxylic acids is 1. The van der Waals surface area contributed by atoms with E-state index in [1.807, 2.05) is 0 Å². The van der Waals surface area contributed by atoms with Gasteiger partial charge >= 0.3 is 5.97 Å². The van der Waals surface area contributed by atoms with Crippen LogP contribution < -0.4 is 0 Å². The number of thiazole rings is 1. The van der Waals surface area contributed by atoms with Crippen molar-refractivity contribution in [1.82, 2.24) is 4.98 Å². The van der Waals surface area contributed by atoms with E-state index in [0.717, 1.165) is 30.7 Å². The second-order valence-corrected chi connectivity index (χ2v) is 6.07. The average Bonchev–Trinajstić information content (AvgIpc) is 3.24. The van der Waals surface area contributed by atoms with E-state index in [1.54, 1.807) is 6.92 Å². The van der Waals surface area contributed by atoms with E-state index in [4.69, 9.17) is 4.74 Å². The molecule has 0 amide bonds. The Morgan fingerprint density at radius 3 is 2.78 bits per heavy atom. The van der Waals surface area contributed by atoms with Crippen LogP contribution in [0, 0.1) is 5.92 Å². The van der Waals surface area contributed by atoms with Gasteiger partial charge in [0.05, 0.1) is 17.3 Å². The maximum Gasteiger partial charge on any atom is 0.350 e. The van der Waals surface area contributed by atoms with Crippen LogP contribution in [0.2, 0.25) is 0 Å². The molecule has 0 spiro atoms. The van der Waals surface area contributed by atoms with E-state index in [9.17, 15) is 9.90 Å². The minimum Gasteiger partial charge on any atom is -0.462 e. The maximum absolute atomic E-state index is 11.9. The number of aromatic nitrogens is 1. The van der Waals surface area contributed by atoms with Gasteiger partial charge in [-0.15, -0.1) is 11.3 Å². The number of hydrogen-bond donors (Lipinski definition) is 1. The van der Waals surface area contributed by atoms with Crippen LogP contribution in [0.1, 0.15) is 65.0 Å². The first-order valence-electron chi connectivity index (χ1n) is 6.56. The molecule has 5 heteroatoms. The minimum atomic E-state index is -0.590. The third-order valence-electron chi connectivity index (χ3n) is 3.41. The predicted molar refractivity (Wildman–Crippen MR) is 67.7 cm³/mol. The Hall–Kier alpha value is -0.940. The summed E-state index contributed by atoms with van der Waals surface area (Å²) < 4.78 is 5.05. The van der Waals surface area contributed by atoms with Gasteiger partial charge in [0.1, 0.15) is 11.0 Å². The number of aliphatic hydroxyl groups is 1. The fourth-order valence-electron chi connectivity index (χ4n) is 2.03. The average molecular weight is 267 g/mol. The van der Waals surface area contributed by atoms with Gasteiger partial charge < -0.3 is 9.84 Å². The summed E-state index contributed by atoms with van der Waals surface area (Å²) in [5.41, 5.74) is 0.558. The summed E-state index contributed by atoms with van der Waals surface area (Å²) in [5, 5.41) is 11.2. The zero-order valence-corrected chi connectivity index (χ0v) is 11.2. The number of hydrogen-bond acceptors (Lipinski definition) is 5. The largest absolute Gasteiger partial charge is 0.462 e. The van der Waals surface area contributed by atoms with Crippen molar-refractivity contribution in [2.45, 2.75) is 44.6 Å². The van der Waals surface area contributed by atoms with Crippen molar-refractivity contribution in [1.29, 1.82) is 0 Å². The zero-order valence-electron chi connectivity index (χ0n) is 10.4. The van der Waals surface area contributed by atoms with E-state index in [1.165, 1.54) is 11.3 Å². The molecule has 98 valence electrons. The predicted octanol–water partition coefficient (Wildman–Crippen LogP) is 2.64. The molecular formula is C13H17NO3S. The van der Waals surface area contributed by atoms with E-state index in [2.05, 4.69) is 4.98 Å². The first-order chi connectivity index (χ1) is 8.70. The fourth-order valence-corrected chi connectivity index (χ4v) is 3.20. The number of ether oxygens (including phenoxy) is 1. The summed E-state index contributed by atoms with van der Waals surface area (Å²) in [6.45, 7) is 2.15. The highest BCUT2D eigenvalue weighted by Gasteiger charge is 2.38. The Labute approximate surface area is 110 Å². The van der Waals surface area contributed by atoms with Gasteiger partial charge in [0.25, 0.3) is 0 Å². The summed E-state index contributed by atoms with van der Waals surface area (Å²) in [7, 11) is 0. The number of esters is 1. The van der Waals surface area contributed by atoms with E-state index >= 15 is 0 Å². The highest BCUT2D eigenvalue weighted by atomic mass is 32.1. The lowest BCUT2D eigenvalue weighted by Gasteiger charge is -2.08. The molecule has 0 aliphatic heterocycles. The molecule has 0 radical (unpaired) electrons. The van der Waals surface area contributed by atoms with Gasteiger partial charge in [0.2, 0.25) is 0 Å². The van der Waals surface area contributed by atoms with Gasteiger partial charge in [-0.2, -0.15) is 0 Å². The molecule has 2 saturated carbocycles. The van der Waals surface area contributed by atoms with E-state index in [0.29, 0.717) is 23.1 Å². The van der Waals surface area contributed by atoms with Crippen LogP contribution in [0.15, 0.2) is 0 Å². The van der Waals surface area contributed by atoms with Gasteiger partial charge in [-0.1, -0.05) is 0 Å². The molecular weight excluding hydrogens is 250 g/mol. The molecule has 18 heavy (non-hydrogen) atoms. The molecule has 2 aliphatic rings. The van der Waals surface area contributed by atoms with E-state index < -0.39 is 6.10 Å². The molecule has 0 saturated heterocycles. The number of carbonyl (C=O) groups is 1. The van der Waals surface area contributed by atoms with Crippen LogP contribution in [-0.4, -0.2) is 22.7 Å². The second-order valence-electron chi connectivity index (χ2n) is 5.04. The molecule has 4 nitrogen and oxygen atoms in total. The summed E-state index contributed by atoms with van der Waals surface area (Å²) >= 11 is 1.41. The Kier molecular flexibility index (Phi) is 3.11. The van der Waals surface area contributed by atoms with Crippen molar-refractivity contribution in [3.63, 3.8) is 0 Å². The lowest BCUT2D eigenvalue weighted by molar-refractivity contribution is 0.0522. The van der Waals surface area contributed by atoms with Gasteiger partial charge in [-0.3, -0.25) is 0 Å². The molecule has 3 rings (SSSR count). The Morgan fingerprint density at radius 2 is 2.22 bits per heavy atom. The monoisotopic (exact) mass is 267 g/mol. The normalized spacial score (nSPS) is 20.8. The van der Waals surface area contributed by atoms with Gasteiger partial charge in [-0.05, 0) is 38.5 Å². The highest BCUT2D eigenvalue weighted by Crippen LogP contribution is 2.47. The minimum absolute atomic E-state index is 0.285. The van der Waals surface area contributed by atoms with Crippen molar-refractivity contribution in [3.05, 3.63) is 15.6 Å².